The number of halogens is 1. The molecule has 8 heteroatoms. The summed E-state index contributed by atoms with van der Waals surface area (Å²) >= 11 is 1.55. The highest BCUT2D eigenvalue weighted by molar-refractivity contribution is 7.98. The van der Waals surface area contributed by atoms with Crippen LogP contribution in [0.3, 0.4) is 0 Å². The van der Waals surface area contributed by atoms with Crippen molar-refractivity contribution in [1.29, 1.82) is 0 Å². The van der Waals surface area contributed by atoms with Gasteiger partial charge in [0, 0.05) is 41.2 Å². The molecular formula is C21H25FN2O4S. The van der Waals surface area contributed by atoms with Gasteiger partial charge in [-0.1, -0.05) is 6.58 Å². The van der Waals surface area contributed by atoms with Crippen LogP contribution in [0, 0.1) is 12.7 Å². The third kappa shape index (κ3) is 3.66. The number of pyridine rings is 1. The Kier molecular flexibility index (Phi) is 6.28. The van der Waals surface area contributed by atoms with Crippen LogP contribution in [-0.4, -0.2) is 52.1 Å². The van der Waals surface area contributed by atoms with Crippen molar-refractivity contribution in [2.75, 3.05) is 26.1 Å². The normalized spacial score (nSPS) is 18.3. The lowest BCUT2D eigenvalue weighted by molar-refractivity contribution is -0.161. The molecule has 2 heterocycles. The molecule has 0 spiro atoms. The molecule has 6 nitrogen and oxygen atoms in total. The monoisotopic (exact) mass is 420 g/mol. The summed E-state index contributed by atoms with van der Waals surface area (Å²) < 4.78 is 20.0. The standard InChI is InChI=1S/C21H25FN2O4S/c1-12-7-14-16(11-29-6-5-25)15-9-24(20(27)13(2)10-26)21(3,28-4)19(15)23-18(14)8-17(12)22/h7-8,25-26H,2,5-6,9-11H2,1,3-4H3. The zero-order valence-corrected chi connectivity index (χ0v) is 17.6. The summed E-state index contributed by atoms with van der Waals surface area (Å²) in [6.07, 6.45) is 0. The first-order chi connectivity index (χ1) is 13.8. The van der Waals surface area contributed by atoms with E-state index in [-0.39, 0.29) is 24.5 Å². The van der Waals surface area contributed by atoms with Crippen molar-refractivity contribution in [3.63, 3.8) is 0 Å². The average Bonchev–Trinajstić information content (AvgIpc) is 3.00. The number of rotatable bonds is 7. The molecule has 2 N–H and O–H groups in total. The first kappa shape index (κ1) is 21.7. The van der Waals surface area contributed by atoms with E-state index < -0.39 is 18.2 Å². The Bertz CT molecular complexity index is 981. The number of nitrogens with zero attached hydrogens (tertiary/aromatic N) is 2. The summed E-state index contributed by atoms with van der Waals surface area (Å²) in [4.78, 5) is 19.0. The number of amides is 1. The van der Waals surface area contributed by atoms with Gasteiger partial charge in [0.15, 0.2) is 5.72 Å². The van der Waals surface area contributed by atoms with Crippen molar-refractivity contribution in [2.45, 2.75) is 31.9 Å². The number of hydrogen-bond acceptors (Lipinski definition) is 6. The summed E-state index contributed by atoms with van der Waals surface area (Å²) in [5, 5.41) is 19.4. The third-order valence-corrected chi connectivity index (χ3v) is 6.34. The molecule has 0 saturated heterocycles. The Morgan fingerprint density at radius 1 is 1.45 bits per heavy atom. The molecule has 1 aromatic carbocycles. The van der Waals surface area contributed by atoms with Gasteiger partial charge < -0.3 is 19.8 Å². The average molecular weight is 421 g/mol. The van der Waals surface area contributed by atoms with Gasteiger partial charge in [-0.3, -0.25) is 4.79 Å². The van der Waals surface area contributed by atoms with Crippen molar-refractivity contribution < 1.29 is 24.1 Å². The van der Waals surface area contributed by atoms with Crippen LogP contribution in [-0.2, 0) is 27.6 Å². The molecular weight excluding hydrogens is 395 g/mol. The van der Waals surface area contributed by atoms with E-state index in [1.807, 2.05) is 0 Å². The number of hydrogen-bond donors (Lipinski definition) is 2. The maximum atomic E-state index is 14.3. The highest BCUT2D eigenvalue weighted by Crippen LogP contribution is 2.43. The Hall–Kier alpha value is -2.00. The van der Waals surface area contributed by atoms with Gasteiger partial charge in [-0.05, 0) is 31.0 Å². The molecule has 29 heavy (non-hydrogen) atoms. The van der Waals surface area contributed by atoms with Crippen molar-refractivity contribution in [3.05, 3.63) is 52.5 Å². The number of aryl methyl sites for hydroxylation is 1. The molecule has 1 unspecified atom stereocenters. The molecule has 1 amide bonds. The molecule has 3 rings (SSSR count). The molecule has 156 valence electrons. The van der Waals surface area contributed by atoms with Crippen LogP contribution in [0.1, 0.15) is 29.3 Å². The number of carbonyl (C=O) groups excluding carboxylic acids is 1. The number of aromatic nitrogens is 1. The fraction of sp³-hybridized carbons (Fsp3) is 0.429. The summed E-state index contributed by atoms with van der Waals surface area (Å²) in [7, 11) is 1.48. The van der Waals surface area contributed by atoms with E-state index in [1.54, 1.807) is 31.7 Å². The van der Waals surface area contributed by atoms with E-state index >= 15 is 0 Å². The molecule has 0 fully saturated rings. The fourth-order valence-corrected chi connectivity index (χ4v) is 4.43. The Labute approximate surface area is 173 Å². The topological polar surface area (TPSA) is 82.9 Å². The predicted molar refractivity (Wildman–Crippen MR) is 111 cm³/mol. The first-order valence-electron chi connectivity index (χ1n) is 9.24. The van der Waals surface area contributed by atoms with E-state index in [4.69, 9.17) is 9.84 Å². The van der Waals surface area contributed by atoms with E-state index in [0.29, 0.717) is 28.3 Å². The van der Waals surface area contributed by atoms with Gasteiger partial charge in [0.05, 0.1) is 31.0 Å². The van der Waals surface area contributed by atoms with Gasteiger partial charge in [-0.15, -0.1) is 0 Å². The number of benzene rings is 1. The van der Waals surface area contributed by atoms with Gasteiger partial charge in [-0.2, -0.15) is 11.8 Å². The highest BCUT2D eigenvalue weighted by atomic mass is 32.2. The van der Waals surface area contributed by atoms with E-state index in [2.05, 4.69) is 11.6 Å². The third-order valence-electron chi connectivity index (χ3n) is 5.37. The van der Waals surface area contributed by atoms with Crippen molar-refractivity contribution in [2.24, 2.45) is 0 Å². The quantitative estimate of drug-likeness (QED) is 0.529. The molecule has 1 aromatic heterocycles. The highest BCUT2D eigenvalue weighted by Gasteiger charge is 2.47. The second-order valence-corrected chi connectivity index (χ2v) is 8.26. The molecule has 1 aliphatic rings. The van der Waals surface area contributed by atoms with Gasteiger partial charge in [0.25, 0.3) is 5.91 Å². The molecule has 0 aliphatic carbocycles. The second-order valence-electron chi connectivity index (χ2n) is 7.15. The Morgan fingerprint density at radius 3 is 2.79 bits per heavy atom. The fourth-order valence-electron chi connectivity index (χ4n) is 3.62. The van der Waals surface area contributed by atoms with E-state index in [9.17, 15) is 14.3 Å². The second kappa shape index (κ2) is 8.39. The maximum Gasteiger partial charge on any atom is 0.254 e. The lowest BCUT2D eigenvalue weighted by atomic mass is 9.99. The van der Waals surface area contributed by atoms with Crippen LogP contribution < -0.4 is 0 Å². The Balaban J connectivity index is 2.23. The molecule has 1 aliphatic heterocycles. The maximum absolute atomic E-state index is 14.3. The van der Waals surface area contributed by atoms with Crippen LogP contribution in [0.15, 0.2) is 24.3 Å². The summed E-state index contributed by atoms with van der Waals surface area (Å²) in [5.74, 6) is 0.368. The largest absolute Gasteiger partial charge is 0.396 e. The number of ether oxygens (including phenoxy) is 1. The lowest BCUT2D eigenvalue weighted by Gasteiger charge is -2.34. The number of thioether (sulfide) groups is 1. The lowest BCUT2D eigenvalue weighted by Crippen LogP contribution is -2.45. The smallest absolute Gasteiger partial charge is 0.254 e. The zero-order chi connectivity index (χ0) is 21.3. The summed E-state index contributed by atoms with van der Waals surface area (Å²) in [6, 6.07) is 3.17. The minimum Gasteiger partial charge on any atom is -0.396 e. The van der Waals surface area contributed by atoms with Crippen LogP contribution >= 0.6 is 11.8 Å². The number of aliphatic hydroxyl groups is 2. The molecule has 1 atom stereocenters. The molecule has 0 radical (unpaired) electrons. The molecule has 0 saturated carbocycles. The minimum absolute atomic E-state index is 0.0558. The zero-order valence-electron chi connectivity index (χ0n) is 16.8. The van der Waals surface area contributed by atoms with Gasteiger partial charge in [0.2, 0.25) is 0 Å². The van der Waals surface area contributed by atoms with Crippen LogP contribution in [0.5, 0.6) is 0 Å². The van der Waals surface area contributed by atoms with Gasteiger partial charge in [-0.25, -0.2) is 9.37 Å². The minimum atomic E-state index is -1.17. The van der Waals surface area contributed by atoms with E-state index in [1.165, 1.54) is 18.1 Å². The van der Waals surface area contributed by atoms with Crippen molar-refractivity contribution in [1.82, 2.24) is 9.88 Å². The number of carbonyl (C=O) groups is 1. The summed E-state index contributed by atoms with van der Waals surface area (Å²) in [6.45, 7) is 6.92. The van der Waals surface area contributed by atoms with Crippen molar-refractivity contribution >= 4 is 28.6 Å². The first-order valence-corrected chi connectivity index (χ1v) is 10.4. The van der Waals surface area contributed by atoms with Crippen LogP contribution in [0.4, 0.5) is 4.39 Å². The molecule has 0 bridgehead atoms. The van der Waals surface area contributed by atoms with Crippen LogP contribution in [0.2, 0.25) is 0 Å². The van der Waals surface area contributed by atoms with Gasteiger partial charge in [0.1, 0.15) is 5.82 Å². The van der Waals surface area contributed by atoms with E-state index in [0.717, 1.165) is 16.5 Å². The van der Waals surface area contributed by atoms with Crippen LogP contribution in [0.25, 0.3) is 10.9 Å². The van der Waals surface area contributed by atoms with Gasteiger partial charge >= 0.3 is 0 Å². The number of fused-ring (bicyclic) bond motifs is 2. The van der Waals surface area contributed by atoms with Crippen molar-refractivity contribution in [3.8, 4) is 0 Å². The SMILES string of the molecule is C=C(CO)C(=O)N1Cc2c(nc3cc(F)c(C)cc3c2CSCCO)C1(C)OC. The Morgan fingerprint density at radius 2 is 2.17 bits per heavy atom. The predicted octanol–water partition coefficient (Wildman–Crippen LogP) is 2.62. The number of methoxy groups -OCH3 is 1. The summed E-state index contributed by atoms with van der Waals surface area (Å²) in [5.41, 5.74) is 2.23. The molecule has 2 aromatic rings. The number of aliphatic hydroxyl groups excluding tert-OH is 2.